The molecule has 4 fully saturated rings. The Morgan fingerprint density at radius 1 is 1.00 bits per heavy atom. The zero-order valence-corrected chi connectivity index (χ0v) is 20.3. The molecule has 1 aromatic heterocycles. The van der Waals surface area contributed by atoms with Gasteiger partial charge in [-0.25, -0.2) is 4.68 Å². The maximum Gasteiger partial charge on any atom is 0.250 e. The minimum atomic E-state index is -0.330. The van der Waals surface area contributed by atoms with Crippen LogP contribution >= 0.6 is 0 Å². The summed E-state index contributed by atoms with van der Waals surface area (Å²) in [4.78, 5) is 14.7. The van der Waals surface area contributed by atoms with Crippen LogP contribution in [-0.2, 0) is 5.41 Å². The third-order valence-electron chi connectivity index (χ3n) is 8.38. The molecule has 2 aromatic carbocycles. The van der Waals surface area contributed by atoms with Gasteiger partial charge in [0.25, 0.3) is 0 Å². The van der Waals surface area contributed by atoms with Crippen LogP contribution in [0.2, 0.25) is 0 Å². The summed E-state index contributed by atoms with van der Waals surface area (Å²) in [6.45, 7) is 0. The monoisotopic (exact) mass is 469 g/mol. The molecule has 0 atom stereocenters. The highest BCUT2D eigenvalue weighted by Crippen LogP contribution is 2.60. The smallest absolute Gasteiger partial charge is 0.250 e. The van der Waals surface area contributed by atoms with Gasteiger partial charge in [0, 0.05) is 42.9 Å². The molecule has 35 heavy (non-hydrogen) atoms. The van der Waals surface area contributed by atoms with E-state index in [1.54, 1.807) is 24.3 Å². The predicted molar refractivity (Wildman–Crippen MR) is 136 cm³/mol. The Bertz CT molecular complexity index is 1240. The zero-order chi connectivity index (χ0) is 24.2. The largest absolute Gasteiger partial charge is 0.618 e. The van der Waals surface area contributed by atoms with Crippen molar-refractivity contribution in [3.63, 3.8) is 0 Å². The quantitative estimate of drug-likeness (QED) is 0.169. The van der Waals surface area contributed by atoms with Gasteiger partial charge in [-0.2, -0.15) is 4.74 Å². The van der Waals surface area contributed by atoms with Crippen molar-refractivity contribution in [3.8, 4) is 5.69 Å². The minimum absolute atomic E-state index is 0.186. The highest BCUT2D eigenvalue weighted by Gasteiger charge is 2.53. The molecule has 4 bridgehead atoms. The van der Waals surface area contributed by atoms with E-state index in [9.17, 15) is 10.0 Å². The molecule has 0 saturated heterocycles. The SMILES string of the molecule is CN(C)c1ccc([N+]([O-])=CC(=O)c2ccc(-n3nncc3C34CC5CC(CC(C5)C3)C4)cc2)cc1. The van der Waals surface area contributed by atoms with Crippen molar-refractivity contribution in [2.24, 2.45) is 17.8 Å². The molecule has 4 aliphatic carbocycles. The lowest BCUT2D eigenvalue weighted by atomic mass is 9.49. The van der Waals surface area contributed by atoms with Gasteiger partial charge in [-0.05, 0) is 92.7 Å². The summed E-state index contributed by atoms with van der Waals surface area (Å²) in [6.07, 6.45) is 11.0. The van der Waals surface area contributed by atoms with Crippen molar-refractivity contribution >= 4 is 23.4 Å². The van der Waals surface area contributed by atoms with E-state index in [4.69, 9.17) is 0 Å². The average Bonchev–Trinajstić information content (AvgIpc) is 3.34. The lowest BCUT2D eigenvalue weighted by molar-refractivity contribution is -0.353. The molecular formula is C28H31N5O2. The Hall–Kier alpha value is -3.48. The van der Waals surface area contributed by atoms with Crippen LogP contribution in [0, 0.1) is 23.0 Å². The average molecular weight is 470 g/mol. The fraction of sp³-hybridized carbons (Fsp3) is 0.429. The number of hydrogen-bond donors (Lipinski definition) is 0. The second-order valence-electron chi connectivity index (χ2n) is 11.0. The van der Waals surface area contributed by atoms with E-state index >= 15 is 0 Å². The van der Waals surface area contributed by atoms with E-state index < -0.39 is 0 Å². The topological polar surface area (TPSA) is 77.1 Å². The van der Waals surface area contributed by atoms with Crippen LogP contribution < -0.4 is 4.90 Å². The van der Waals surface area contributed by atoms with Crippen molar-refractivity contribution < 1.29 is 9.53 Å². The maximum atomic E-state index is 12.8. The summed E-state index contributed by atoms with van der Waals surface area (Å²) in [5, 5.41) is 21.2. The van der Waals surface area contributed by atoms with Crippen molar-refractivity contribution in [2.45, 2.75) is 43.9 Å². The maximum absolute atomic E-state index is 12.8. The Morgan fingerprint density at radius 3 is 2.17 bits per heavy atom. The first kappa shape index (κ1) is 22.0. The summed E-state index contributed by atoms with van der Waals surface area (Å²) in [6, 6.07) is 14.5. The van der Waals surface area contributed by atoms with Crippen molar-refractivity contribution in [1.29, 1.82) is 0 Å². The molecule has 7 heteroatoms. The summed E-state index contributed by atoms with van der Waals surface area (Å²) in [5.41, 5.74) is 4.19. The lowest BCUT2D eigenvalue weighted by Crippen LogP contribution is -2.49. The van der Waals surface area contributed by atoms with E-state index in [-0.39, 0.29) is 11.2 Å². The molecule has 0 spiro atoms. The highest BCUT2D eigenvalue weighted by atomic mass is 16.5. The van der Waals surface area contributed by atoms with E-state index in [1.165, 1.54) is 44.2 Å². The van der Waals surface area contributed by atoms with Gasteiger partial charge in [-0.1, -0.05) is 5.21 Å². The highest BCUT2D eigenvalue weighted by molar-refractivity contribution is 6.33. The molecule has 180 valence electrons. The van der Waals surface area contributed by atoms with Gasteiger partial charge in [0.1, 0.15) is 0 Å². The number of anilines is 1. The third kappa shape index (κ3) is 3.93. The molecule has 0 unspecified atom stereocenters. The Balaban J connectivity index is 1.22. The van der Waals surface area contributed by atoms with Crippen LogP contribution in [0.25, 0.3) is 5.69 Å². The molecule has 0 N–H and O–H groups in total. The first-order chi connectivity index (χ1) is 16.9. The van der Waals surface area contributed by atoms with E-state index in [1.807, 2.05) is 54.1 Å². The number of benzene rings is 2. The summed E-state index contributed by atoms with van der Waals surface area (Å²) >= 11 is 0. The number of nitrogens with zero attached hydrogens (tertiary/aromatic N) is 5. The number of rotatable bonds is 6. The van der Waals surface area contributed by atoms with E-state index in [0.717, 1.165) is 35.3 Å². The normalized spacial score (nSPS) is 27.3. The molecule has 3 aromatic rings. The Kier molecular flexibility index (Phi) is 5.24. The number of aromatic nitrogens is 3. The summed E-state index contributed by atoms with van der Waals surface area (Å²) in [7, 11) is 3.88. The molecule has 4 saturated carbocycles. The predicted octanol–water partition coefficient (Wildman–Crippen LogP) is 4.90. The van der Waals surface area contributed by atoms with Crippen molar-refractivity contribution in [1.82, 2.24) is 15.0 Å². The number of carbonyl (C=O) groups excluding carboxylic acids is 1. The molecule has 7 rings (SSSR count). The number of hydrogen-bond acceptors (Lipinski definition) is 5. The molecule has 0 amide bonds. The van der Waals surface area contributed by atoms with E-state index in [0.29, 0.717) is 16.0 Å². The third-order valence-corrected chi connectivity index (χ3v) is 8.38. The molecule has 0 aliphatic heterocycles. The van der Waals surface area contributed by atoms with Crippen LogP contribution in [0.5, 0.6) is 0 Å². The second kappa shape index (κ2) is 8.33. The first-order valence-corrected chi connectivity index (χ1v) is 12.5. The van der Waals surface area contributed by atoms with Gasteiger partial charge in [-0.15, -0.1) is 5.10 Å². The van der Waals surface area contributed by atoms with Gasteiger partial charge < -0.3 is 10.1 Å². The summed E-state index contributed by atoms with van der Waals surface area (Å²) < 4.78 is 2.59. The van der Waals surface area contributed by atoms with Crippen LogP contribution in [0.4, 0.5) is 11.4 Å². The fourth-order valence-corrected chi connectivity index (χ4v) is 7.13. The van der Waals surface area contributed by atoms with Crippen molar-refractivity contribution in [3.05, 3.63) is 71.2 Å². The summed E-state index contributed by atoms with van der Waals surface area (Å²) in [5.74, 6) is 2.20. The Morgan fingerprint density at radius 2 is 1.60 bits per heavy atom. The van der Waals surface area contributed by atoms with Crippen LogP contribution in [0.3, 0.4) is 0 Å². The van der Waals surface area contributed by atoms with Gasteiger partial charge in [0.2, 0.25) is 17.7 Å². The van der Waals surface area contributed by atoms with E-state index in [2.05, 4.69) is 10.3 Å². The number of carbonyl (C=O) groups is 1. The minimum Gasteiger partial charge on any atom is -0.618 e. The zero-order valence-electron chi connectivity index (χ0n) is 20.3. The van der Waals surface area contributed by atoms with Gasteiger partial charge >= 0.3 is 0 Å². The van der Waals surface area contributed by atoms with Gasteiger partial charge in [0.15, 0.2) is 0 Å². The van der Waals surface area contributed by atoms with Crippen molar-refractivity contribution in [2.75, 3.05) is 19.0 Å². The molecule has 1 heterocycles. The number of Topliss-reactive ketones (excluding diaryl/α,β-unsaturated/α-hetero) is 1. The molecule has 4 aliphatic rings. The molecular weight excluding hydrogens is 438 g/mol. The Labute approximate surface area is 205 Å². The fourth-order valence-electron chi connectivity index (χ4n) is 7.13. The lowest BCUT2D eigenvalue weighted by Gasteiger charge is -2.56. The van der Waals surface area contributed by atoms with Gasteiger partial charge in [-0.3, -0.25) is 4.79 Å². The molecule has 0 radical (unpaired) electrons. The molecule has 7 nitrogen and oxygen atoms in total. The second-order valence-corrected chi connectivity index (χ2v) is 11.0. The van der Waals surface area contributed by atoms with Gasteiger partial charge in [0.05, 0.1) is 17.6 Å². The van der Waals surface area contributed by atoms with Crippen LogP contribution in [0.1, 0.15) is 54.6 Å². The standard InChI is InChI=1S/C28H31N5O2/c1-31(2)23-7-9-24(10-8-23)32(35)18-26(34)22-3-5-25(6-4-22)33-27(17-29-30-33)28-14-19-11-20(15-28)13-21(12-19)16-28/h3-10,17-21H,11-16H2,1-2H3. The van der Waals surface area contributed by atoms with Crippen LogP contribution in [0.15, 0.2) is 54.7 Å². The first-order valence-electron chi connectivity index (χ1n) is 12.5. The number of ketones is 1. The van der Waals surface area contributed by atoms with Crippen LogP contribution in [-0.4, -0.2) is 45.8 Å².